The number of nitrogens with zero attached hydrogens (tertiary/aromatic N) is 2. The van der Waals surface area contributed by atoms with Crippen LogP contribution >= 0.6 is 34.9 Å². The van der Waals surface area contributed by atoms with Gasteiger partial charge in [0.25, 0.3) is 0 Å². The van der Waals surface area contributed by atoms with Crippen molar-refractivity contribution in [3.05, 3.63) is 59.7 Å². The van der Waals surface area contributed by atoms with Gasteiger partial charge in [-0.3, -0.25) is 4.79 Å². The molecule has 0 bridgehead atoms. The van der Waals surface area contributed by atoms with Crippen LogP contribution in [0.1, 0.15) is 30.9 Å². The van der Waals surface area contributed by atoms with E-state index in [9.17, 15) is 13.2 Å². The number of benzene rings is 2. The number of anilines is 1. The Labute approximate surface area is 194 Å². The fourth-order valence-electron chi connectivity index (χ4n) is 2.51. The van der Waals surface area contributed by atoms with Gasteiger partial charge in [-0.15, -0.1) is 10.2 Å². The van der Waals surface area contributed by atoms with Crippen molar-refractivity contribution in [3.8, 4) is 0 Å². The second-order valence-electron chi connectivity index (χ2n) is 6.93. The summed E-state index contributed by atoms with van der Waals surface area (Å²) in [6.07, 6.45) is 0. The van der Waals surface area contributed by atoms with Crippen LogP contribution in [0.4, 0.5) is 5.69 Å². The molecule has 0 radical (unpaired) electrons. The lowest BCUT2D eigenvalue weighted by Crippen LogP contribution is -2.15. The van der Waals surface area contributed by atoms with Crippen molar-refractivity contribution >= 4 is 56.5 Å². The average molecular weight is 495 g/mol. The van der Waals surface area contributed by atoms with E-state index in [0.717, 1.165) is 14.4 Å². The monoisotopic (exact) mass is 494 g/mol. The summed E-state index contributed by atoms with van der Waals surface area (Å²) in [6, 6.07) is 14.3. The Morgan fingerprint density at radius 3 is 2.23 bits per heavy atom. The first kappa shape index (κ1) is 23.7. The molecular formula is C20H22N4O3S4. The SMILES string of the molecule is CC(C)c1ccc(CSc2nnc(SCC(=O)Nc3ccc(S(N)(=O)=O)cc3)s2)cc1. The Morgan fingerprint density at radius 2 is 1.65 bits per heavy atom. The molecule has 31 heavy (non-hydrogen) atoms. The molecule has 164 valence electrons. The van der Waals surface area contributed by atoms with Gasteiger partial charge < -0.3 is 5.32 Å². The number of hydrogen-bond donors (Lipinski definition) is 2. The van der Waals surface area contributed by atoms with Gasteiger partial charge in [0, 0.05) is 11.4 Å². The zero-order valence-electron chi connectivity index (χ0n) is 16.9. The van der Waals surface area contributed by atoms with E-state index >= 15 is 0 Å². The summed E-state index contributed by atoms with van der Waals surface area (Å²) in [5, 5.41) is 16.1. The predicted molar refractivity (Wildman–Crippen MR) is 127 cm³/mol. The number of carbonyl (C=O) groups is 1. The largest absolute Gasteiger partial charge is 0.325 e. The highest BCUT2D eigenvalue weighted by atomic mass is 32.2. The molecule has 11 heteroatoms. The molecule has 0 aliphatic carbocycles. The van der Waals surface area contributed by atoms with Gasteiger partial charge in [-0.2, -0.15) is 0 Å². The van der Waals surface area contributed by atoms with Crippen molar-refractivity contribution in [2.24, 2.45) is 5.14 Å². The fourth-order valence-corrected chi connectivity index (χ4v) is 5.80. The van der Waals surface area contributed by atoms with Crippen molar-refractivity contribution in [3.63, 3.8) is 0 Å². The smallest absolute Gasteiger partial charge is 0.238 e. The topological polar surface area (TPSA) is 115 Å². The maximum Gasteiger partial charge on any atom is 0.238 e. The summed E-state index contributed by atoms with van der Waals surface area (Å²) in [4.78, 5) is 12.1. The summed E-state index contributed by atoms with van der Waals surface area (Å²) >= 11 is 4.38. The Kier molecular flexibility index (Phi) is 8.11. The quantitative estimate of drug-likeness (QED) is 0.425. The van der Waals surface area contributed by atoms with Crippen LogP contribution in [0.15, 0.2) is 62.1 Å². The third-order valence-electron chi connectivity index (χ3n) is 4.19. The second-order valence-corrected chi connectivity index (χ2v) is 11.9. The van der Waals surface area contributed by atoms with Gasteiger partial charge in [0.15, 0.2) is 8.68 Å². The first-order valence-corrected chi connectivity index (χ1v) is 13.6. The number of rotatable bonds is 9. The minimum atomic E-state index is -3.75. The van der Waals surface area contributed by atoms with Gasteiger partial charge in [-0.05, 0) is 41.3 Å². The van der Waals surface area contributed by atoms with E-state index in [-0.39, 0.29) is 16.6 Å². The molecule has 0 aliphatic heterocycles. The molecule has 1 heterocycles. The molecule has 1 amide bonds. The zero-order valence-corrected chi connectivity index (χ0v) is 20.2. The van der Waals surface area contributed by atoms with Crippen LogP contribution in [0.3, 0.4) is 0 Å². The molecule has 0 spiro atoms. The highest BCUT2D eigenvalue weighted by Crippen LogP contribution is 2.31. The zero-order chi connectivity index (χ0) is 22.4. The number of nitrogens with one attached hydrogen (secondary N) is 1. The Hall–Kier alpha value is -1.92. The van der Waals surface area contributed by atoms with Gasteiger partial charge in [-0.1, -0.05) is 73.0 Å². The van der Waals surface area contributed by atoms with Gasteiger partial charge in [-0.25, -0.2) is 13.6 Å². The number of hydrogen-bond acceptors (Lipinski definition) is 8. The fraction of sp³-hybridized carbons (Fsp3) is 0.250. The molecule has 0 saturated heterocycles. The van der Waals surface area contributed by atoms with E-state index < -0.39 is 10.0 Å². The Bertz CT molecular complexity index is 1130. The van der Waals surface area contributed by atoms with Crippen LogP contribution in [-0.4, -0.2) is 30.3 Å². The highest BCUT2D eigenvalue weighted by Gasteiger charge is 2.11. The van der Waals surface area contributed by atoms with Gasteiger partial charge >= 0.3 is 0 Å². The molecule has 0 fully saturated rings. The summed E-state index contributed by atoms with van der Waals surface area (Å²) in [7, 11) is -3.75. The molecule has 1 aromatic heterocycles. The van der Waals surface area contributed by atoms with E-state index in [2.05, 4.69) is 53.6 Å². The van der Waals surface area contributed by atoms with Crippen molar-refractivity contribution < 1.29 is 13.2 Å². The number of nitrogens with two attached hydrogens (primary N) is 1. The van der Waals surface area contributed by atoms with Gasteiger partial charge in [0.05, 0.1) is 10.6 Å². The van der Waals surface area contributed by atoms with Crippen LogP contribution in [0.5, 0.6) is 0 Å². The van der Waals surface area contributed by atoms with Crippen LogP contribution in [-0.2, 0) is 20.6 Å². The summed E-state index contributed by atoms with van der Waals surface area (Å²) in [5.74, 6) is 1.28. The molecule has 2 aromatic carbocycles. The third kappa shape index (κ3) is 7.32. The average Bonchev–Trinajstić information content (AvgIpc) is 3.19. The lowest BCUT2D eigenvalue weighted by Gasteiger charge is -2.06. The van der Waals surface area contributed by atoms with E-state index in [1.54, 1.807) is 11.8 Å². The molecule has 0 aliphatic rings. The third-order valence-corrected chi connectivity index (χ3v) is 8.38. The number of primary sulfonamides is 1. The van der Waals surface area contributed by atoms with E-state index in [1.807, 2.05) is 0 Å². The number of aromatic nitrogens is 2. The van der Waals surface area contributed by atoms with Crippen LogP contribution in [0.2, 0.25) is 0 Å². The number of sulfonamides is 1. The normalized spacial score (nSPS) is 11.6. The predicted octanol–water partition coefficient (Wildman–Crippen LogP) is 4.33. The van der Waals surface area contributed by atoms with Crippen LogP contribution in [0, 0.1) is 0 Å². The molecular weight excluding hydrogens is 473 g/mol. The molecule has 3 aromatic rings. The maximum atomic E-state index is 12.1. The molecule has 3 rings (SSSR count). The summed E-state index contributed by atoms with van der Waals surface area (Å²) < 4.78 is 24.1. The van der Waals surface area contributed by atoms with Crippen LogP contribution < -0.4 is 10.5 Å². The van der Waals surface area contributed by atoms with E-state index in [0.29, 0.717) is 11.6 Å². The number of carbonyl (C=O) groups excluding carboxylic acids is 1. The summed E-state index contributed by atoms with van der Waals surface area (Å²) in [6.45, 7) is 4.35. The van der Waals surface area contributed by atoms with Crippen molar-refractivity contribution in [2.75, 3.05) is 11.1 Å². The summed E-state index contributed by atoms with van der Waals surface area (Å²) in [5.41, 5.74) is 3.05. The lowest BCUT2D eigenvalue weighted by atomic mass is 10.0. The molecule has 7 nitrogen and oxygen atoms in total. The van der Waals surface area contributed by atoms with E-state index in [1.165, 1.54) is 58.5 Å². The van der Waals surface area contributed by atoms with Crippen molar-refractivity contribution in [1.29, 1.82) is 0 Å². The highest BCUT2D eigenvalue weighted by molar-refractivity contribution is 8.03. The van der Waals surface area contributed by atoms with Crippen LogP contribution in [0.25, 0.3) is 0 Å². The van der Waals surface area contributed by atoms with E-state index in [4.69, 9.17) is 5.14 Å². The Morgan fingerprint density at radius 1 is 1.03 bits per heavy atom. The second kappa shape index (κ2) is 10.6. The van der Waals surface area contributed by atoms with Crippen molar-refractivity contribution in [1.82, 2.24) is 10.2 Å². The number of amides is 1. The molecule has 0 saturated carbocycles. The Balaban J connectivity index is 1.45. The first-order chi connectivity index (χ1) is 14.7. The molecule has 0 atom stereocenters. The maximum absolute atomic E-state index is 12.1. The van der Waals surface area contributed by atoms with Gasteiger partial charge in [0.1, 0.15) is 0 Å². The van der Waals surface area contributed by atoms with Gasteiger partial charge in [0.2, 0.25) is 15.9 Å². The molecule has 0 unspecified atom stereocenters. The number of thioether (sulfide) groups is 2. The minimum absolute atomic E-state index is 0.00497. The molecule has 3 N–H and O–H groups in total. The first-order valence-electron chi connectivity index (χ1n) is 9.31. The van der Waals surface area contributed by atoms with Crippen molar-refractivity contribution in [2.45, 2.75) is 39.1 Å². The minimum Gasteiger partial charge on any atom is -0.325 e. The lowest BCUT2D eigenvalue weighted by molar-refractivity contribution is -0.113. The standard InChI is InChI=1S/C20H22N4O3S4/c1-13(2)15-5-3-14(4-6-15)11-28-19-23-24-20(30-19)29-12-18(25)22-16-7-9-17(10-8-16)31(21,26)27/h3-10,13H,11-12H2,1-2H3,(H,22,25)(H2,21,26,27).